The van der Waals surface area contributed by atoms with Crippen molar-refractivity contribution in [3.05, 3.63) is 58.7 Å². The summed E-state index contributed by atoms with van der Waals surface area (Å²) in [4.78, 5) is 12.5. The minimum Gasteiger partial charge on any atom is -0.493 e. The molecular weight excluding hydrogens is 314 g/mol. The molecule has 0 aliphatic heterocycles. The summed E-state index contributed by atoms with van der Waals surface area (Å²) in [5, 5.41) is 3.13. The van der Waals surface area contributed by atoms with Gasteiger partial charge in [0.15, 0.2) is 11.5 Å². The van der Waals surface area contributed by atoms with E-state index >= 15 is 0 Å². The van der Waals surface area contributed by atoms with Crippen molar-refractivity contribution in [3.8, 4) is 11.5 Å². The maximum atomic E-state index is 12.5. The predicted octanol–water partition coefficient (Wildman–Crippen LogP) is 4.13. The number of benzene rings is 2. The van der Waals surface area contributed by atoms with E-state index < -0.39 is 0 Å². The molecular formula is C21H27NO3. The molecule has 4 nitrogen and oxygen atoms in total. The fraction of sp³-hybridized carbons (Fsp3) is 0.381. The molecule has 0 aliphatic rings. The summed E-state index contributed by atoms with van der Waals surface area (Å²) in [6.45, 7) is 6.13. The molecule has 0 fully saturated rings. The standard InChI is InChI=1S/C21H27NO3/c1-6-18(16-9-10-19(24-4)20(12-16)25-5)22-21(23)13-17-11-14(2)7-8-15(17)3/h7-12,18H,6,13H2,1-5H3,(H,22,23)/t18-/m0/s1. The molecule has 2 aromatic carbocycles. The number of amides is 1. The molecule has 1 atom stereocenters. The monoisotopic (exact) mass is 341 g/mol. The lowest BCUT2D eigenvalue weighted by Gasteiger charge is -2.19. The average molecular weight is 341 g/mol. The third-order valence-corrected chi connectivity index (χ3v) is 4.41. The maximum absolute atomic E-state index is 12.5. The summed E-state index contributed by atoms with van der Waals surface area (Å²) in [6, 6.07) is 11.9. The van der Waals surface area contributed by atoms with Gasteiger partial charge in [0.1, 0.15) is 0 Å². The van der Waals surface area contributed by atoms with E-state index in [4.69, 9.17) is 9.47 Å². The Bertz CT molecular complexity index is 740. The minimum absolute atomic E-state index is 0.0235. The van der Waals surface area contributed by atoms with Gasteiger partial charge in [-0.15, -0.1) is 0 Å². The Morgan fingerprint density at radius 3 is 2.40 bits per heavy atom. The van der Waals surface area contributed by atoms with E-state index in [1.807, 2.05) is 32.0 Å². The van der Waals surface area contributed by atoms with Gasteiger partial charge < -0.3 is 14.8 Å². The van der Waals surface area contributed by atoms with Crippen LogP contribution in [0.1, 0.15) is 41.6 Å². The zero-order valence-electron chi connectivity index (χ0n) is 15.7. The summed E-state index contributed by atoms with van der Waals surface area (Å²) in [6.07, 6.45) is 1.19. The summed E-state index contributed by atoms with van der Waals surface area (Å²) in [7, 11) is 3.22. The first kappa shape index (κ1) is 18.8. The van der Waals surface area contributed by atoms with Gasteiger partial charge in [-0.2, -0.15) is 0 Å². The van der Waals surface area contributed by atoms with E-state index in [9.17, 15) is 4.79 Å². The van der Waals surface area contributed by atoms with Crippen LogP contribution in [-0.4, -0.2) is 20.1 Å². The van der Waals surface area contributed by atoms with E-state index in [-0.39, 0.29) is 11.9 Å². The van der Waals surface area contributed by atoms with Crippen LogP contribution in [0, 0.1) is 13.8 Å². The Morgan fingerprint density at radius 2 is 1.76 bits per heavy atom. The molecule has 0 spiro atoms. The van der Waals surface area contributed by atoms with Gasteiger partial charge >= 0.3 is 0 Å². The van der Waals surface area contributed by atoms with Gasteiger partial charge in [-0.25, -0.2) is 0 Å². The highest BCUT2D eigenvalue weighted by Gasteiger charge is 2.16. The summed E-state index contributed by atoms with van der Waals surface area (Å²) >= 11 is 0. The summed E-state index contributed by atoms with van der Waals surface area (Å²) < 4.78 is 10.6. The molecule has 0 aliphatic carbocycles. The molecule has 134 valence electrons. The van der Waals surface area contributed by atoms with Crippen LogP contribution in [0.4, 0.5) is 0 Å². The third-order valence-electron chi connectivity index (χ3n) is 4.41. The topological polar surface area (TPSA) is 47.6 Å². The lowest BCUT2D eigenvalue weighted by molar-refractivity contribution is -0.121. The molecule has 0 unspecified atom stereocenters. The highest BCUT2D eigenvalue weighted by molar-refractivity contribution is 5.79. The Hall–Kier alpha value is -2.49. The fourth-order valence-corrected chi connectivity index (χ4v) is 2.90. The van der Waals surface area contributed by atoms with Crippen molar-refractivity contribution < 1.29 is 14.3 Å². The van der Waals surface area contributed by atoms with Crippen molar-refractivity contribution in [2.45, 2.75) is 39.7 Å². The summed E-state index contributed by atoms with van der Waals surface area (Å²) in [5.74, 6) is 1.38. The molecule has 1 amide bonds. The van der Waals surface area contributed by atoms with Gasteiger partial charge in [-0.05, 0) is 49.1 Å². The summed E-state index contributed by atoms with van der Waals surface area (Å²) in [5.41, 5.74) is 4.38. The number of carbonyl (C=O) groups is 1. The van der Waals surface area contributed by atoms with Crippen LogP contribution < -0.4 is 14.8 Å². The van der Waals surface area contributed by atoms with Crippen molar-refractivity contribution in [1.82, 2.24) is 5.32 Å². The van der Waals surface area contributed by atoms with Gasteiger partial charge in [-0.3, -0.25) is 4.79 Å². The molecule has 0 radical (unpaired) electrons. The van der Waals surface area contributed by atoms with Gasteiger partial charge in [-0.1, -0.05) is 36.8 Å². The first-order valence-electron chi connectivity index (χ1n) is 8.55. The second-order valence-corrected chi connectivity index (χ2v) is 6.25. The van der Waals surface area contributed by atoms with Crippen LogP contribution in [-0.2, 0) is 11.2 Å². The van der Waals surface area contributed by atoms with Gasteiger partial charge in [0.05, 0.1) is 26.7 Å². The number of ether oxygens (including phenoxy) is 2. The molecule has 0 aromatic heterocycles. The first-order chi connectivity index (χ1) is 12.0. The number of aryl methyl sites for hydroxylation is 2. The van der Waals surface area contributed by atoms with Crippen molar-refractivity contribution in [2.24, 2.45) is 0 Å². The highest BCUT2D eigenvalue weighted by Crippen LogP contribution is 2.30. The van der Waals surface area contributed by atoms with E-state index in [2.05, 4.69) is 30.4 Å². The molecule has 1 N–H and O–H groups in total. The second kappa shape index (κ2) is 8.56. The van der Waals surface area contributed by atoms with E-state index in [1.165, 1.54) is 5.56 Å². The number of nitrogens with one attached hydrogen (secondary N) is 1. The second-order valence-electron chi connectivity index (χ2n) is 6.25. The first-order valence-corrected chi connectivity index (χ1v) is 8.55. The molecule has 0 saturated carbocycles. The Balaban J connectivity index is 2.13. The molecule has 4 heteroatoms. The minimum atomic E-state index is -0.0579. The Morgan fingerprint density at radius 1 is 1.04 bits per heavy atom. The molecule has 0 bridgehead atoms. The quantitative estimate of drug-likeness (QED) is 0.824. The normalized spacial score (nSPS) is 11.7. The molecule has 25 heavy (non-hydrogen) atoms. The highest BCUT2D eigenvalue weighted by atomic mass is 16.5. The smallest absolute Gasteiger partial charge is 0.224 e. The lowest BCUT2D eigenvalue weighted by atomic mass is 10.0. The van der Waals surface area contributed by atoms with Crippen molar-refractivity contribution >= 4 is 5.91 Å². The Labute approximate surface area is 150 Å². The Kier molecular flexibility index (Phi) is 6.45. The van der Waals surface area contributed by atoms with Crippen molar-refractivity contribution in [2.75, 3.05) is 14.2 Å². The van der Waals surface area contributed by atoms with Gasteiger partial charge in [0.2, 0.25) is 5.91 Å². The van der Waals surface area contributed by atoms with Gasteiger partial charge in [0.25, 0.3) is 0 Å². The zero-order valence-corrected chi connectivity index (χ0v) is 15.7. The van der Waals surface area contributed by atoms with E-state index in [0.717, 1.165) is 23.1 Å². The van der Waals surface area contributed by atoms with Crippen LogP contribution in [0.15, 0.2) is 36.4 Å². The number of hydrogen-bond acceptors (Lipinski definition) is 3. The molecule has 2 aromatic rings. The zero-order chi connectivity index (χ0) is 18.4. The molecule has 0 saturated heterocycles. The number of hydrogen-bond donors (Lipinski definition) is 1. The molecule has 0 heterocycles. The molecule has 2 rings (SSSR count). The number of carbonyl (C=O) groups excluding carboxylic acids is 1. The van der Waals surface area contributed by atoms with Crippen LogP contribution in [0.3, 0.4) is 0 Å². The van der Waals surface area contributed by atoms with Gasteiger partial charge in [0, 0.05) is 0 Å². The third kappa shape index (κ3) is 4.75. The largest absolute Gasteiger partial charge is 0.493 e. The SMILES string of the molecule is CC[C@H](NC(=O)Cc1cc(C)ccc1C)c1ccc(OC)c(OC)c1. The average Bonchev–Trinajstić information content (AvgIpc) is 2.62. The van der Waals surface area contributed by atoms with Crippen LogP contribution >= 0.6 is 0 Å². The van der Waals surface area contributed by atoms with Crippen molar-refractivity contribution in [3.63, 3.8) is 0 Å². The predicted molar refractivity (Wildman–Crippen MR) is 100 cm³/mol. The number of rotatable bonds is 7. The van der Waals surface area contributed by atoms with E-state index in [1.54, 1.807) is 14.2 Å². The van der Waals surface area contributed by atoms with Crippen LogP contribution in [0.2, 0.25) is 0 Å². The van der Waals surface area contributed by atoms with Crippen LogP contribution in [0.25, 0.3) is 0 Å². The fourth-order valence-electron chi connectivity index (χ4n) is 2.90. The van der Waals surface area contributed by atoms with E-state index in [0.29, 0.717) is 17.9 Å². The van der Waals surface area contributed by atoms with Crippen LogP contribution in [0.5, 0.6) is 11.5 Å². The number of methoxy groups -OCH3 is 2. The van der Waals surface area contributed by atoms with Crippen molar-refractivity contribution in [1.29, 1.82) is 0 Å². The maximum Gasteiger partial charge on any atom is 0.224 e. The lowest BCUT2D eigenvalue weighted by Crippen LogP contribution is -2.29.